The Morgan fingerprint density at radius 3 is 2.62 bits per heavy atom. The van der Waals surface area contributed by atoms with E-state index in [1.54, 1.807) is 11.1 Å². The maximum atomic E-state index is 2.53. The minimum atomic E-state index is 0.619. The topological polar surface area (TPSA) is 3.24 Å². The van der Waals surface area contributed by atoms with Gasteiger partial charge >= 0.3 is 0 Å². The van der Waals surface area contributed by atoms with Gasteiger partial charge in [0.25, 0.3) is 0 Å². The molecule has 0 radical (unpaired) electrons. The third-order valence-electron chi connectivity index (χ3n) is 3.87. The van der Waals surface area contributed by atoms with Crippen molar-refractivity contribution < 1.29 is 0 Å². The van der Waals surface area contributed by atoms with Crippen LogP contribution in [0, 0.1) is 0 Å². The van der Waals surface area contributed by atoms with E-state index < -0.39 is 0 Å². The molecule has 2 rings (SSSR count). The fourth-order valence-corrected chi connectivity index (χ4v) is 2.70. The smallest absolute Gasteiger partial charge is 0.0404 e. The highest BCUT2D eigenvalue weighted by Crippen LogP contribution is 2.35. The van der Waals surface area contributed by atoms with Crippen LogP contribution in [0.15, 0.2) is 18.2 Å². The van der Waals surface area contributed by atoms with Gasteiger partial charge in [0.2, 0.25) is 0 Å². The molecule has 16 heavy (non-hydrogen) atoms. The van der Waals surface area contributed by atoms with Crippen molar-refractivity contribution in [3.63, 3.8) is 0 Å². The molecule has 0 aliphatic carbocycles. The summed E-state index contributed by atoms with van der Waals surface area (Å²) in [5, 5.41) is 0. The van der Waals surface area contributed by atoms with Crippen LogP contribution >= 0.6 is 0 Å². The van der Waals surface area contributed by atoms with Gasteiger partial charge in [-0.05, 0) is 49.8 Å². The van der Waals surface area contributed by atoms with Crippen molar-refractivity contribution in [1.82, 2.24) is 0 Å². The van der Waals surface area contributed by atoms with Crippen molar-refractivity contribution in [2.45, 2.75) is 52.5 Å². The lowest BCUT2D eigenvalue weighted by molar-refractivity contribution is 0.708. The maximum Gasteiger partial charge on any atom is 0.0404 e. The number of fused-ring (bicyclic) bond motifs is 1. The van der Waals surface area contributed by atoms with E-state index >= 15 is 0 Å². The molecule has 0 amide bonds. The second-order valence-corrected chi connectivity index (χ2v) is 5.19. The van der Waals surface area contributed by atoms with E-state index in [0.717, 1.165) is 0 Å². The van der Waals surface area contributed by atoms with E-state index in [1.807, 2.05) is 0 Å². The van der Waals surface area contributed by atoms with Gasteiger partial charge in [-0.2, -0.15) is 0 Å². The Kier molecular flexibility index (Phi) is 3.22. The van der Waals surface area contributed by atoms with Crippen molar-refractivity contribution in [3.8, 4) is 0 Å². The molecule has 1 aromatic carbocycles. The van der Waals surface area contributed by atoms with Crippen LogP contribution in [0.5, 0.6) is 0 Å². The molecule has 1 nitrogen and oxygen atoms in total. The number of rotatable bonds is 3. The van der Waals surface area contributed by atoms with E-state index in [-0.39, 0.29) is 0 Å². The van der Waals surface area contributed by atoms with Crippen LogP contribution in [0.1, 0.15) is 51.2 Å². The number of benzene rings is 1. The molecule has 1 aromatic rings. The van der Waals surface area contributed by atoms with E-state index in [4.69, 9.17) is 0 Å². The van der Waals surface area contributed by atoms with Crippen LogP contribution in [-0.2, 0) is 6.42 Å². The first-order valence-corrected chi connectivity index (χ1v) is 6.53. The van der Waals surface area contributed by atoms with Crippen LogP contribution in [0.3, 0.4) is 0 Å². The summed E-state index contributed by atoms with van der Waals surface area (Å²) >= 11 is 0. The van der Waals surface area contributed by atoms with Crippen molar-refractivity contribution in [2.75, 3.05) is 11.4 Å². The number of hydrogen-bond donors (Lipinski definition) is 0. The average molecular weight is 217 g/mol. The highest BCUT2D eigenvalue weighted by molar-refractivity contribution is 5.62. The van der Waals surface area contributed by atoms with E-state index in [2.05, 4.69) is 50.8 Å². The molecule has 1 heterocycles. The minimum absolute atomic E-state index is 0.619. The Morgan fingerprint density at radius 2 is 2.00 bits per heavy atom. The van der Waals surface area contributed by atoms with Crippen LogP contribution in [0.4, 0.5) is 5.69 Å². The second kappa shape index (κ2) is 4.48. The fraction of sp³-hybridized carbons (Fsp3) is 0.600. The zero-order chi connectivity index (χ0) is 11.7. The van der Waals surface area contributed by atoms with E-state index in [0.29, 0.717) is 12.0 Å². The number of nitrogens with zero attached hydrogens (tertiary/aromatic N) is 1. The van der Waals surface area contributed by atoms with Gasteiger partial charge in [-0.3, -0.25) is 0 Å². The van der Waals surface area contributed by atoms with Gasteiger partial charge in [-0.1, -0.05) is 26.0 Å². The first-order valence-electron chi connectivity index (χ1n) is 6.53. The van der Waals surface area contributed by atoms with Gasteiger partial charge in [-0.25, -0.2) is 0 Å². The Morgan fingerprint density at radius 1 is 1.25 bits per heavy atom. The summed E-state index contributed by atoms with van der Waals surface area (Å²) in [5.41, 5.74) is 4.65. The minimum Gasteiger partial charge on any atom is -0.369 e. The predicted molar refractivity (Wildman–Crippen MR) is 71.3 cm³/mol. The molecule has 1 atom stereocenters. The molecule has 0 aromatic heterocycles. The molecule has 0 N–H and O–H groups in total. The zero-order valence-electron chi connectivity index (χ0n) is 11.0. The normalized spacial score (nSPS) is 16.7. The monoisotopic (exact) mass is 217 g/mol. The van der Waals surface area contributed by atoms with Gasteiger partial charge in [-0.15, -0.1) is 0 Å². The molecular formula is C15H23N. The molecule has 0 spiro atoms. The highest BCUT2D eigenvalue weighted by Gasteiger charge is 2.24. The largest absolute Gasteiger partial charge is 0.369 e. The van der Waals surface area contributed by atoms with E-state index in [9.17, 15) is 0 Å². The summed E-state index contributed by atoms with van der Waals surface area (Å²) in [5.74, 6) is 0.696. The standard InChI is InChI=1S/C15H23N/c1-5-12(4)13-7-6-8-15-14(13)9-10-16(15)11(2)3/h6-8,11-12H,5,9-10H2,1-4H3. The van der Waals surface area contributed by atoms with Crippen molar-refractivity contribution in [2.24, 2.45) is 0 Å². The summed E-state index contributed by atoms with van der Waals surface area (Å²) in [6.07, 6.45) is 2.46. The SMILES string of the molecule is CCC(C)c1cccc2c1CCN2C(C)C. The fourth-order valence-electron chi connectivity index (χ4n) is 2.70. The lowest BCUT2D eigenvalue weighted by Gasteiger charge is -2.24. The molecule has 1 aliphatic heterocycles. The molecular weight excluding hydrogens is 194 g/mol. The molecule has 1 aliphatic rings. The van der Waals surface area contributed by atoms with Crippen molar-refractivity contribution >= 4 is 5.69 Å². The molecule has 0 bridgehead atoms. The van der Waals surface area contributed by atoms with Gasteiger partial charge in [0.05, 0.1) is 0 Å². The second-order valence-electron chi connectivity index (χ2n) is 5.19. The number of hydrogen-bond acceptors (Lipinski definition) is 1. The van der Waals surface area contributed by atoms with Crippen LogP contribution in [0.25, 0.3) is 0 Å². The van der Waals surface area contributed by atoms with Gasteiger partial charge in [0.15, 0.2) is 0 Å². The van der Waals surface area contributed by atoms with Crippen LogP contribution < -0.4 is 4.90 Å². The Labute approximate surface area is 99.5 Å². The van der Waals surface area contributed by atoms with Crippen molar-refractivity contribution in [3.05, 3.63) is 29.3 Å². The molecule has 1 heteroatoms. The molecule has 0 saturated carbocycles. The Hall–Kier alpha value is -0.980. The van der Waals surface area contributed by atoms with Crippen molar-refractivity contribution in [1.29, 1.82) is 0 Å². The summed E-state index contributed by atoms with van der Waals surface area (Å²) in [6, 6.07) is 7.44. The molecule has 0 fully saturated rings. The van der Waals surface area contributed by atoms with Crippen LogP contribution in [-0.4, -0.2) is 12.6 Å². The predicted octanol–water partition coefficient (Wildman–Crippen LogP) is 3.97. The lowest BCUT2D eigenvalue weighted by atomic mass is 9.92. The molecule has 88 valence electrons. The van der Waals surface area contributed by atoms with Crippen LogP contribution in [0.2, 0.25) is 0 Å². The Bertz CT molecular complexity index is 368. The summed E-state index contributed by atoms with van der Waals surface area (Å²) in [4.78, 5) is 2.53. The summed E-state index contributed by atoms with van der Waals surface area (Å²) in [6.45, 7) is 10.4. The molecule has 0 saturated heterocycles. The van der Waals surface area contributed by atoms with Gasteiger partial charge in [0.1, 0.15) is 0 Å². The Balaban J connectivity index is 2.40. The van der Waals surface area contributed by atoms with Gasteiger partial charge < -0.3 is 4.90 Å². The highest BCUT2D eigenvalue weighted by atomic mass is 15.2. The van der Waals surface area contributed by atoms with Gasteiger partial charge in [0, 0.05) is 18.3 Å². The first-order chi connectivity index (χ1) is 7.65. The number of anilines is 1. The third-order valence-corrected chi connectivity index (χ3v) is 3.87. The summed E-state index contributed by atoms with van der Waals surface area (Å²) in [7, 11) is 0. The summed E-state index contributed by atoms with van der Waals surface area (Å²) < 4.78 is 0. The first kappa shape index (κ1) is 11.5. The molecule has 1 unspecified atom stereocenters. The van der Waals surface area contributed by atoms with E-state index in [1.165, 1.54) is 25.1 Å². The average Bonchev–Trinajstić information content (AvgIpc) is 2.71. The third kappa shape index (κ3) is 1.83. The maximum absolute atomic E-state index is 2.53. The quantitative estimate of drug-likeness (QED) is 0.740. The lowest BCUT2D eigenvalue weighted by Crippen LogP contribution is -2.28. The zero-order valence-corrected chi connectivity index (χ0v) is 11.0.